The summed E-state index contributed by atoms with van der Waals surface area (Å²) in [6, 6.07) is 11.8. The van der Waals surface area contributed by atoms with Crippen LogP contribution < -0.4 is 10.1 Å². The molecule has 0 spiro atoms. The molecule has 3 nitrogen and oxygen atoms in total. The van der Waals surface area contributed by atoms with Gasteiger partial charge < -0.3 is 10.1 Å². The van der Waals surface area contributed by atoms with Crippen molar-refractivity contribution in [2.45, 2.75) is 20.4 Å². The minimum atomic E-state index is 0.634. The van der Waals surface area contributed by atoms with Gasteiger partial charge in [0.05, 0.1) is 0 Å². The summed E-state index contributed by atoms with van der Waals surface area (Å²) < 4.78 is 6.81. The van der Waals surface area contributed by atoms with E-state index in [9.17, 15) is 0 Å². The van der Waals surface area contributed by atoms with E-state index >= 15 is 0 Å². The molecule has 100 valence electrons. The van der Waals surface area contributed by atoms with E-state index in [2.05, 4.69) is 39.2 Å². The van der Waals surface area contributed by atoms with E-state index in [1.165, 1.54) is 5.56 Å². The highest BCUT2D eigenvalue weighted by Gasteiger charge is 2.03. The van der Waals surface area contributed by atoms with E-state index in [-0.39, 0.29) is 0 Å². The van der Waals surface area contributed by atoms with Crippen LogP contribution in [-0.4, -0.2) is 11.5 Å². The average molecular weight is 321 g/mol. The van der Waals surface area contributed by atoms with Crippen LogP contribution in [-0.2, 0) is 6.54 Å². The number of aryl methyl sites for hydroxylation is 1. The quantitative estimate of drug-likeness (QED) is 0.902. The molecule has 0 aliphatic heterocycles. The third kappa shape index (κ3) is 4.33. The largest absolute Gasteiger partial charge is 0.439 e. The van der Waals surface area contributed by atoms with Crippen LogP contribution in [0.5, 0.6) is 11.6 Å². The van der Waals surface area contributed by atoms with Crippen molar-refractivity contribution in [3.05, 3.63) is 52.1 Å². The van der Waals surface area contributed by atoms with Crippen LogP contribution in [0.1, 0.15) is 18.2 Å². The fourth-order valence-corrected chi connectivity index (χ4v) is 2.02. The molecular formula is C15H17BrN2O. The second-order valence-corrected chi connectivity index (χ2v) is 5.21. The molecule has 0 amide bonds. The molecule has 0 atom stereocenters. The second-order valence-electron chi connectivity index (χ2n) is 4.29. The lowest BCUT2D eigenvalue weighted by atomic mass is 10.2. The lowest BCUT2D eigenvalue weighted by molar-refractivity contribution is 0.460. The lowest BCUT2D eigenvalue weighted by Gasteiger charge is -2.09. The Balaban J connectivity index is 2.15. The van der Waals surface area contributed by atoms with Crippen molar-refractivity contribution in [1.82, 2.24) is 10.3 Å². The summed E-state index contributed by atoms with van der Waals surface area (Å²) in [6.07, 6.45) is 0. The first kappa shape index (κ1) is 14.0. The van der Waals surface area contributed by atoms with Gasteiger partial charge in [-0.15, -0.1) is 0 Å². The highest BCUT2D eigenvalue weighted by atomic mass is 79.9. The van der Waals surface area contributed by atoms with Crippen molar-refractivity contribution >= 4 is 15.9 Å². The van der Waals surface area contributed by atoms with Crippen molar-refractivity contribution in [3.63, 3.8) is 0 Å². The number of hydrogen-bond acceptors (Lipinski definition) is 3. The molecular weight excluding hydrogens is 304 g/mol. The van der Waals surface area contributed by atoms with Crippen molar-refractivity contribution in [2.24, 2.45) is 0 Å². The number of benzene rings is 1. The lowest BCUT2D eigenvalue weighted by Crippen LogP contribution is -2.12. The molecule has 1 heterocycles. The van der Waals surface area contributed by atoms with E-state index in [4.69, 9.17) is 4.74 Å². The minimum Gasteiger partial charge on any atom is -0.439 e. The van der Waals surface area contributed by atoms with Gasteiger partial charge in [-0.1, -0.05) is 22.9 Å². The molecule has 0 saturated carbocycles. The zero-order valence-electron chi connectivity index (χ0n) is 11.1. The van der Waals surface area contributed by atoms with Crippen LogP contribution in [0.3, 0.4) is 0 Å². The van der Waals surface area contributed by atoms with Crippen molar-refractivity contribution < 1.29 is 4.74 Å². The normalized spacial score (nSPS) is 10.5. The van der Waals surface area contributed by atoms with Crippen LogP contribution in [0.25, 0.3) is 0 Å². The number of pyridine rings is 1. The molecule has 1 N–H and O–H groups in total. The standard InChI is InChI=1S/C15H17BrN2O/c1-3-17-10-12-8-11(2)18-15(9-12)19-14-6-4-13(16)5-7-14/h4-9,17H,3,10H2,1-2H3. The third-order valence-electron chi connectivity index (χ3n) is 2.60. The zero-order valence-corrected chi connectivity index (χ0v) is 12.7. The SMILES string of the molecule is CCNCc1cc(C)nc(Oc2ccc(Br)cc2)c1. The molecule has 0 aliphatic carbocycles. The van der Waals surface area contributed by atoms with Gasteiger partial charge in [0.1, 0.15) is 5.75 Å². The number of halogens is 1. The molecule has 0 saturated heterocycles. The maximum atomic E-state index is 5.78. The molecule has 0 aliphatic rings. The number of ether oxygens (including phenoxy) is 1. The number of hydrogen-bond donors (Lipinski definition) is 1. The van der Waals surface area contributed by atoms with Gasteiger partial charge >= 0.3 is 0 Å². The maximum absolute atomic E-state index is 5.78. The van der Waals surface area contributed by atoms with Crippen LogP contribution in [0, 0.1) is 6.92 Å². The first-order chi connectivity index (χ1) is 9.17. The molecule has 0 unspecified atom stereocenters. The van der Waals surface area contributed by atoms with Crippen LogP contribution in [0.2, 0.25) is 0 Å². The summed E-state index contributed by atoms with van der Waals surface area (Å²) in [4.78, 5) is 4.40. The number of aromatic nitrogens is 1. The first-order valence-electron chi connectivity index (χ1n) is 6.29. The van der Waals surface area contributed by atoms with Crippen molar-refractivity contribution in [1.29, 1.82) is 0 Å². The minimum absolute atomic E-state index is 0.634. The molecule has 1 aromatic heterocycles. The summed E-state index contributed by atoms with van der Waals surface area (Å²) in [6.45, 7) is 5.85. The summed E-state index contributed by atoms with van der Waals surface area (Å²) >= 11 is 3.40. The van der Waals surface area contributed by atoms with E-state index in [0.717, 1.165) is 29.0 Å². The van der Waals surface area contributed by atoms with Crippen molar-refractivity contribution in [2.75, 3.05) is 6.54 Å². The average Bonchev–Trinajstić information content (AvgIpc) is 2.38. The van der Waals surface area contributed by atoms with Gasteiger partial charge in [0.2, 0.25) is 5.88 Å². The summed E-state index contributed by atoms with van der Waals surface area (Å²) in [5.41, 5.74) is 2.14. The van der Waals surface area contributed by atoms with E-state index < -0.39 is 0 Å². The Bertz CT molecular complexity index is 540. The van der Waals surface area contributed by atoms with Gasteiger partial charge in [-0.05, 0) is 49.4 Å². The van der Waals surface area contributed by atoms with Gasteiger partial charge in [-0.2, -0.15) is 0 Å². The van der Waals surface area contributed by atoms with E-state index in [1.807, 2.05) is 37.3 Å². The molecule has 4 heteroatoms. The Morgan fingerprint density at radius 2 is 1.95 bits per heavy atom. The molecule has 2 aromatic rings. The van der Waals surface area contributed by atoms with Gasteiger partial charge in [0, 0.05) is 22.8 Å². The van der Waals surface area contributed by atoms with Gasteiger partial charge in [0.25, 0.3) is 0 Å². The Morgan fingerprint density at radius 1 is 1.21 bits per heavy atom. The predicted molar refractivity (Wildman–Crippen MR) is 80.6 cm³/mol. The number of nitrogens with one attached hydrogen (secondary N) is 1. The Morgan fingerprint density at radius 3 is 2.63 bits per heavy atom. The second kappa shape index (κ2) is 6.68. The Hall–Kier alpha value is -1.39. The Labute approximate surface area is 122 Å². The fourth-order valence-electron chi connectivity index (χ4n) is 1.75. The first-order valence-corrected chi connectivity index (χ1v) is 7.08. The molecule has 0 fully saturated rings. The fraction of sp³-hybridized carbons (Fsp3) is 0.267. The van der Waals surface area contributed by atoms with Gasteiger partial charge in [-0.25, -0.2) is 4.98 Å². The monoisotopic (exact) mass is 320 g/mol. The molecule has 19 heavy (non-hydrogen) atoms. The third-order valence-corrected chi connectivity index (χ3v) is 3.13. The van der Waals surface area contributed by atoms with Crippen LogP contribution >= 0.6 is 15.9 Å². The summed E-state index contributed by atoms with van der Waals surface area (Å²) in [5, 5.41) is 3.30. The highest BCUT2D eigenvalue weighted by molar-refractivity contribution is 9.10. The van der Waals surface area contributed by atoms with Crippen LogP contribution in [0.15, 0.2) is 40.9 Å². The topological polar surface area (TPSA) is 34.2 Å². The zero-order chi connectivity index (χ0) is 13.7. The molecule has 1 aromatic carbocycles. The smallest absolute Gasteiger partial charge is 0.219 e. The van der Waals surface area contributed by atoms with E-state index in [0.29, 0.717) is 5.88 Å². The summed E-state index contributed by atoms with van der Waals surface area (Å²) in [5.74, 6) is 1.42. The highest BCUT2D eigenvalue weighted by Crippen LogP contribution is 2.23. The predicted octanol–water partition coefficient (Wildman–Crippen LogP) is 4.05. The number of rotatable bonds is 5. The molecule has 2 rings (SSSR count). The van der Waals surface area contributed by atoms with Gasteiger partial charge in [-0.3, -0.25) is 0 Å². The Kier molecular flexibility index (Phi) is 4.93. The van der Waals surface area contributed by atoms with E-state index in [1.54, 1.807) is 0 Å². The maximum Gasteiger partial charge on any atom is 0.219 e. The summed E-state index contributed by atoms with van der Waals surface area (Å²) in [7, 11) is 0. The molecule has 0 bridgehead atoms. The molecule has 0 radical (unpaired) electrons. The van der Waals surface area contributed by atoms with Crippen LogP contribution in [0.4, 0.5) is 0 Å². The number of nitrogens with zero attached hydrogens (tertiary/aromatic N) is 1. The van der Waals surface area contributed by atoms with Gasteiger partial charge in [0.15, 0.2) is 0 Å². The van der Waals surface area contributed by atoms with Crippen molar-refractivity contribution in [3.8, 4) is 11.6 Å².